The fourth-order valence-corrected chi connectivity index (χ4v) is 5.64. The van der Waals surface area contributed by atoms with Gasteiger partial charge in [0.1, 0.15) is 17.8 Å². The first-order chi connectivity index (χ1) is 18.4. The van der Waals surface area contributed by atoms with Gasteiger partial charge in [-0.25, -0.2) is 14.8 Å². The second kappa shape index (κ2) is 12.1. The van der Waals surface area contributed by atoms with Gasteiger partial charge in [-0.15, -0.1) is 0 Å². The van der Waals surface area contributed by atoms with Crippen LogP contribution in [0.2, 0.25) is 5.02 Å². The molecular weight excluding hydrogens is 514 g/mol. The molecule has 39 heavy (non-hydrogen) atoms. The third-order valence-corrected chi connectivity index (χ3v) is 7.85. The van der Waals surface area contributed by atoms with Crippen LogP contribution in [0.5, 0.6) is 0 Å². The largest absolute Gasteiger partial charge is 0.444 e. The molecular formula is C30H42ClN5O3. The first-order valence-corrected chi connectivity index (χ1v) is 14.4. The van der Waals surface area contributed by atoms with Gasteiger partial charge in [0.05, 0.1) is 11.8 Å². The number of ether oxygens (including phenoxy) is 1. The molecule has 0 saturated carbocycles. The maximum Gasteiger partial charge on any atom is 0.410 e. The summed E-state index contributed by atoms with van der Waals surface area (Å²) in [6.45, 7) is 14.7. The Hall–Kier alpha value is -2.87. The van der Waals surface area contributed by atoms with Crippen LogP contribution in [0.4, 0.5) is 4.79 Å². The van der Waals surface area contributed by atoms with Crippen LogP contribution >= 0.6 is 11.6 Å². The van der Waals surface area contributed by atoms with E-state index in [4.69, 9.17) is 21.3 Å². The maximum absolute atomic E-state index is 14.2. The quantitative estimate of drug-likeness (QED) is 0.475. The molecule has 3 atom stereocenters. The molecule has 1 aliphatic carbocycles. The number of carbonyl (C=O) groups is 2. The molecule has 0 bridgehead atoms. The first-order valence-electron chi connectivity index (χ1n) is 14.0. The summed E-state index contributed by atoms with van der Waals surface area (Å²) in [7, 11) is 0. The average molecular weight is 556 g/mol. The van der Waals surface area contributed by atoms with E-state index in [1.165, 1.54) is 0 Å². The van der Waals surface area contributed by atoms with Crippen molar-refractivity contribution in [2.24, 2.45) is 21.8 Å². The van der Waals surface area contributed by atoms with E-state index < -0.39 is 17.6 Å². The summed E-state index contributed by atoms with van der Waals surface area (Å²) < 4.78 is 5.69. The standard InChI is InChI=1S/C30H42ClN5O3/c1-20(2)36(29(38)39-30(4,5)6)18-24(22-9-11-23(31)12-10-22)28(37)35-15-7-14-34(16-17-35)27-26-21(3)8-13-25(26)32-19-33-27/h9-13,19-21,24,26H,7-8,14-18H2,1-6H3/t21-,24-,26?/m1/s1. The molecule has 0 radical (unpaired) electrons. The molecule has 2 heterocycles. The Morgan fingerprint density at radius 2 is 1.85 bits per heavy atom. The summed E-state index contributed by atoms with van der Waals surface area (Å²) in [5.74, 6) is 1.25. The molecule has 1 aromatic carbocycles. The van der Waals surface area contributed by atoms with Gasteiger partial charge in [0, 0.05) is 49.5 Å². The molecule has 8 nitrogen and oxygen atoms in total. The van der Waals surface area contributed by atoms with Crippen LogP contribution in [0.1, 0.15) is 65.9 Å². The van der Waals surface area contributed by atoms with Crippen molar-refractivity contribution in [3.8, 4) is 0 Å². The van der Waals surface area contributed by atoms with Crippen molar-refractivity contribution in [2.45, 2.75) is 71.9 Å². The van der Waals surface area contributed by atoms with Crippen LogP contribution in [0.3, 0.4) is 0 Å². The highest BCUT2D eigenvalue weighted by Gasteiger charge is 2.37. The fraction of sp³-hybridized carbons (Fsp3) is 0.600. The van der Waals surface area contributed by atoms with Gasteiger partial charge in [0.15, 0.2) is 0 Å². The molecule has 1 aromatic rings. The fourth-order valence-electron chi connectivity index (χ4n) is 5.52. The van der Waals surface area contributed by atoms with Crippen LogP contribution in [-0.2, 0) is 9.53 Å². The summed E-state index contributed by atoms with van der Waals surface area (Å²) in [6.07, 6.45) is 5.32. The summed E-state index contributed by atoms with van der Waals surface area (Å²) in [4.78, 5) is 42.4. The number of aliphatic imine (C=N–C) groups is 2. The molecule has 1 fully saturated rings. The van der Waals surface area contributed by atoms with Crippen molar-refractivity contribution in [3.63, 3.8) is 0 Å². The smallest absolute Gasteiger partial charge is 0.410 e. The minimum absolute atomic E-state index is 0.00958. The molecule has 0 aromatic heterocycles. The van der Waals surface area contributed by atoms with Crippen LogP contribution in [0, 0.1) is 11.8 Å². The van der Waals surface area contributed by atoms with E-state index in [9.17, 15) is 9.59 Å². The van der Waals surface area contributed by atoms with E-state index in [0.717, 1.165) is 36.5 Å². The Morgan fingerprint density at radius 1 is 1.13 bits per heavy atom. The number of fused-ring (bicyclic) bond motifs is 1. The van der Waals surface area contributed by atoms with Crippen LogP contribution in [0.25, 0.3) is 0 Å². The highest BCUT2D eigenvalue weighted by molar-refractivity contribution is 6.30. The van der Waals surface area contributed by atoms with Gasteiger partial charge in [0.2, 0.25) is 5.91 Å². The van der Waals surface area contributed by atoms with E-state index in [1.807, 2.05) is 51.7 Å². The molecule has 1 unspecified atom stereocenters. The van der Waals surface area contributed by atoms with Crippen molar-refractivity contribution >= 4 is 35.8 Å². The maximum atomic E-state index is 14.2. The summed E-state index contributed by atoms with van der Waals surface area (Å²) in [5.41, 5.74) is 1.32. The molecule has 2 amide bonds. The lowest BCUT2D eigenvalue weighted by molar-refractivity contribution is -0.133. The van der Waals surface area contributed by atoms with Gasteiger partial charge >= 0.3 is 6.09 Å². The molecule has 4 rings (SSSR count). The monoisotopic (exact) mass is 555 g/mol. The predicted molar refractivity (Wildman–Crippen MR) is 156 cm³/mol. The number of amidine groups is 1. The van der Waals surface area contributed by atoms with Gasteiger partial charge in [-0.3, -0.25) is 4.79 Å². The lowest BCUT2D eigenvalue weighted by Crippen LogP contribution is -2.47. The average Bonchev–Trinajstić information content (AvgIpc) is 3.08. The normalized spacial score (nSPS) is 22.2. The molecule has 2 aliphatic heterocycles. The SMILES string of the molecule is CC(C)N(C[C@@H](C(=O)N1CCCN(C2=NC=NC3=CC[C@@H](C)C32)CC1)c1ccc(Cl)cc1)C(=O)OC(C)(C)C. The number of allylic oxidation sites excluding steroid dienone is 1. The topological polar surface area (TPSA) is 77.8 Å². The van der Waals surface area contributed by atoms with Crippen molar-refractivity contribution < 1.29 is 14.3 Å². The van der Waals surface area contributed by atoms with Gasteiger partial charge in [-0.05, 0) is 71.1 Å². The third kappa shape index (κ3) is 7.02. The minimum Gasteiger partial charge on any atom is -0.444 e. The number of carbonyl (C=O) groups excluding carboxylic acids is 2. The molecule has 9 heteroatoms. The van der Waals surface area contributed by atoms with Crippen LogP contribution < -0.4 is 0 Å². The van der Waals surface area contributed by atoms with E-state index in [-0.39, 0.29) is 24.4 Å². The minimum atomic E-state index is -0.628. The molecule has 0 N–H and O–H groups in total. The number of benzene rings is 1. The third-order valence-electron chi connectivity index (χ3n) is 7.59. The molecule has 0 spiro atoms. The van der Waals surface area contributed by atoms with Crippen LogP contribution in [0.15, 0.2) is 46.0 Å². The van der Waals surface area contributed by atoms with Crippen molar-refractivity contribution in [1.82, 2.24) is 14.7 Å². The Kier molecular flexibility index (Phi) is 9.04. The molecule has 3 aliphatic rings. The molecule has 1 saturated heterocycles. The van der Waals surface area contributed by atoms with Crippen molar-refractivity contribution in [2.75, 3.05) is 32.7 Å². The number of rotatable bonds is 5. The van der Waals surface area contributed by atoms with Crippen molar-refractivity contribution in [3.05, 3.63) is 46.6 Å². The van der Waals surface area contributed by atoms with Crippen LogP contribution in [-0.4, -0.2) is 83.2 Å². The van der Waals surface area contributed by atoms with E-state index in [2.05, 4.69) is 22.9 Å². The zero-order valence-corrected chi connectivity index (χ0v) is 24.8. The lowest BCUT2D eigenvalue weighted by Gasteiger charge is -2.34. The van der Waals surface area contributed by atoms with Gasteiger partial charge < -0.3 is 19.4 Å². The molecule has 212 valence electrons. The second-order valence-electron chi connectivity index (χ2n) is 12.0. The van der Waals surface area contributed by atoms with Gasteiger partial charge in [-0.1, -0.05) is 36.7 Å². The Morgan fingerprint density at radius 3 is 2.51 bits per heavy atom. The van der Waals surface area contributed by atoms with E-state index >= 15 is 0 Å². The first kappa shape index (κ1) is 29.1. The summed E-state index contributed by atoms with van der Waals surface area (Å²) in [6, 6.07) is 7.22. The summed E-state index contributed by atoms with van der Waals surface area (Å²) in [5, 5.41) is 0.606. The van der Waals surface area contributed by atoms with E-state index in [1.54, 1.807) is 23.4 Å². The number of hydrogen-bond donors (Lipinski definition) is 0. The van der Waals surface area contributed by atoms with Gasteiger partial charge in [-0.2, -0.15) is 0 Å². The Bertz CT molecular complexity index is 1140. The number of amides is 2. The Labute approximate surface area is 237 Å². The highest BCUT2D eigenvalue weighted by Crippen LogP contribution is 2.36. The van der Waals surface area contributed by atoms with E-state index in [0.29, 0.717) is 30.6 Å². The lowest BCUT2D eigenvalue weighted by atomic mass is 9.93. The number of hydrogen-bond acceptors (Lipinski definition) is 6. The second-order valence-corrected chi connectivity index (χ2v) is 12.5. The zero-order valence-electron chi connectivity index (χ0n) is 24.1. The Balaban J connectivity index is 1.53. The predicted octanol–water partition coefficient (Wildman–Crippen LogP) is 5.58. The van der Waals surface area contributed by atoms with Gasteiger partial charge in [0.25, 0.3) is 0 Å². The zero-order chi connectivity index (χ0) is 28.3. The number of nitrogens with zero attached hydrogens (tertiary/aromatic N) is 5. The van der Waals surface area contributed by atoms with Crippen molar-refractivity contribution in [1.29, 1.82) is 0 Å². The highest BCUT2D eigenvalue weighted by atomic mass is 35.5. The number of halogens is 1. The summed E-state index contributed by atoms with van der Waals surface area (Å²) >= 11 is 6.17.